The third kappa shape index (κ3) is 3.93. The smallest absolute Gasteiger partial charge is 0.144 e. The lowest BCUT2D eigenvalue weighted by atomic mass is 9.98. The van der Waals surface area contributed by atoms with E-state index in [9.17, 15) is 19.7 Å². The molecule has 1 heterocycles. The van der Waals surface area contributed by atoms with Gasteiger partial charge in [-0.25, -0.2) is 4.39 Å². The first-order chi connectivity index (χ1) is 9.90. The molecular formula is C15H21ClFNO3. The summed E-state index contributed by atoms with van der Waals surface area (Å²) in [5, 5.41) is 29.1. The van der Waals surface area contributed by atoms with Gasteiger partial charge in [-0.2, -0.15) is 0 Å². The van der Waals surface area contributed by atoms with Gasteiger partial charge in [0.05, 0.1) is 17.2 Å². The molecule has 1 aromatic carbocycles. The van der Waals surface area contributed by atoms with Crippen molar-refractivity contribution in [1.29, 1.82) is 0 Å². The fraction of sp³-hybridized carbons (Fsp3) is 0.600. The quantitative estimate of drug-likeness (QED) is 0.781. The van der Waals surface area contributed by atoms with Gasteiger partial charge in [-0.1, -0.05) is 23.7 Å². The van der Waals surface area contributed by atoms with E-state index in [-0.39, 0.29) is 16.9 Å². The van der Waals surface area contributed by atoms with E-state index in [0.717, 1.165) is 0 Å². The van der Waals surface area contributed by atoms with Crippen molar-refractivity contribution in [3.63, 3.8) is 0 Å². The van der Waals surface area contributed by atoms with E-state index >= 15 is 0 Å². The molecule has 0 saturated carbocycles. The summed E-state index contributed by atoms with van der Waals surface area (Å²) in [7, 11) is 0. The number of piperidine rings is 1. The zero-order chi connectivity index (χ0) is 15.6. The van der Waals surface area contributed by atoms with Crippen LogP contribution in [0.3, 0.4) is 0 Å². The van der Waals surface area contributed by atoms with Crippen LogP contribution in [0, 0.1) is 5.82 Å². The molecule has 2 rings (SSSR count). The number of nitrogens with zero attached hydrogens (tertiary/aromatic N) is 1. The molecule has 6 heteroatoms. The zero-order valence-electron chi connectivity index (χ0n) is 11.9. The number of hydrogen-bond acceptors (Lipinski definition) is 4. The molecule has 4 nitrogen and oxygen atoms in total. The Labute approximate surface area is 128 Å². The van der Waals surface area contributed by atoms with Gasteiger partial charge in [-0.3, -0.25) is 4.90 Å². The van der Waals surface area contributed by atoms with Crippen molar-refractivity contribution in [1.82, 2.24) is 4.90 Å². The van der Waals surface area contributed by atoms with Crippen molar-refractivity contribution < 1.29 is 19.7 Å². The molecule has 0 spiro atoms. The van der Waals surface area contributed by atoms with Crippen LogP contribution in [-0.2, 0) is 6.42 Å². The number of aryl methyl sites for hydroxylation is 1. The highest BCUT2D eigenvalue weighted by molar-refractivity contribution is 6.30. The Kier molecular flexibility index (Phi) is 5.57. The van der Waals surface area contributed by atoms with E-state index in [0.29, 0.717) is 31.5 Å². The van der Waals surface area contributed by atoms with E-state index in [4.69, 9.17) is 11.6 Å². The first-order valence-electron chi connectivity index (χ1n) is 7.11. The Morgan fingerprint density at radius 2 is 1.90 bits per heavy atom. The van der Waals surface area contributed by atoms with E-state index in [1.165, 1.54) is 6.07 Å². The molecule has 0 bridgehead atoms. The zero-order valence-corrected chi connectivity index (χ0v) is 12.7. The molecule has 0 aliphatic carbocycles. The molecule has 1 aromatic rings. The Balaban J connectivity index is 1.93. The number of likely N-dealkylation sites (tertiary alicyclic amines) is 1. The largest absolute Gasteiger partial charge is 0.389 e. The molecule has 1 saturated heterocycles. The monoisotopic (exact) mass is 317 g/mol. The number of hydrogen-bond donors (Lipinski definition) is 3. The third-order valence-corrected chi connectivity index (χ3v) is 4.41. The lowest BCUT2D eigenvalue weighted by Crippen LogP contribution is -2.57. The third-order valence-electron chi connectivity index (χ3n) is 4.12. The van der Waals surface area contributed by atoms with E-state index in [1.807, 2.05) is 11.8 Å². The fourth-order valence-corrected chi connectivity index (χ4v) is 2.87. The molecular weight excluding hydrogens is 297 g/mol. The molecule has 1 aliphatic heterocycles. The summed E-state index contributed by atoms with van der Waals surface area (Å²) < 4.78 is 13.8. The van der Waals surface area contributed by atoms with Gasteiger partial charge in [0.1, 0.15) is 11.9 Å². The number of benzene rings is 1. The highest BCUT2D eigenvalue weighted by atomic mass is 35.5. The summed E-state index contributed by atoms with van der Waals surface area (Å²) >= 11 is 5.75. The Hall–Kier alpha value is -0.720. The molecule has 21 heavy (non-hydrogen) atoms. The summed E-state index contributed by atoms with van der Waals surface area (Å²) in [6.07, 6.45) is -1.82. The van der Waals surface area contributed by atoms with Crippen LogP contribution >= 0.6 is 11.6 Å². The molecule has 118 valence electrons. The molecule has 0 radical (unpaired) electrons. The minimum atomic E-state index is -1.10. The average Bonchev–Trinajstić information content (AvgIpc) is 2.45. The highest BCUT2D eigenvalue weighted by Crippen LogP contribution is 2.21. The maximum atomic E-state index is 13.8. The van der Waals surface area contributed by atoms with Gasteiger partial charge in [-0.05, 0) is 31.4 Å². The van der Waals surface area contributed by atoms with Crippen LogP contribution in [-0.4, -0.2) is 57.7 Å². The topological polar surface area (TPSA) is 63.9 Å². The summed E-state index contributed by atoms with van der Waals surface area (Å²) in [5.41, 5.74) is 0.562. The van der Waals surface area contributed by atoms with Crippen molar-refractivity contribution in [2.45, 2.75) is 44.1 Å². The molecule has 1 fully saturated rings. The Morgan fingerprint density at radius 1 is 1.29 bits per heavy atom. The maximum Gasteiger partial charge on any atom is 0.144 e. The van der Waals surface area contributed by atoms with Crippen LogP contribution in [0.5, 0.6) is 0 Å². The fourth-order valence-electron chi connectivity index (χ4n) is 2.68. The second kappa shape index (κ2) is 7.03. The first kappa shape index (κ1) is 16.6. The number of β-amino-alcohol motifs (C(OH)–C–C–N with tert-alkyl or cyclic N) is 2. The first-order valence-corrected chi connectivity index (χ1v) is 7.49. The van der Waals surface area contributed by atoms with Crippen molar-refractivity contribution in [3.8, 4) is 0 Å². The number of halogens is 2. The standard InChI is InChI=1S/C15H21ClFNO3/c1-9(18-7-12(19)15(21)13(20)8-18)5-6-10-3-2-4-11(16)14(10)17/h2-4,9,12-13,15,19-21H,5-8H2,1H3/t9?,12-,13+,15+. The lowest BCUT2D eigenvalue weighted by Gasteiger charge is -2.40. The molecule has 0 amide bonds. The Morgan fingerprint density at radius 3 is 2.52 bits per heavy atom. The average molecular weight is 318 g/mol. The van der Waals surface area contributed by atoms with Crippen LogP contribution in [0.2, 0.25) is 5.02 Å². The van der Waals surface area contributed by atoms with E-state index in [1.54, 1.807) is 12.1 Å². The summed E-state index contributed by atoms with van der Waals surface area (Å²) in [5.74, 6) is -0.388. The molecule has 1 aliphatic rings. The minimum absolute atomic E-state index is 0.0557. The van der Waals surface area contributed by atoms with Crippen molar-refractivity contribution >= 4 is 11.6 Å². The van der Waals surface area contributed by atoms with Crippen molar-refractivity contribution in [2.24, 2.45) is 0 Å². The normalized spacial score (nSPS) is 28.6. The maximum absolute atomic E-state index is 13.8. The number of aliphatic hydroxyl groups excluding tert-OH is 3. The molecule has 3 N–H and O–H groups in total. The number of rotatable bonds is 4. The van der Waals surface area contributed by atoms with Crippen LogP contribution in [0.25, 0.3) is 0 Å². The van der Waals surface area contributed by atoms with Crippen LogP contribution in [0.15, 0.2) is 18.2 Å². The number of aliphatic hydroxyl groups is 3. The van der Waals surface area contributed by atoms with Crippen LogP contribution in [0.1, 0.15) is 18.9 Å². The summed E-state index contributed by atoms with van der Waals surface area (Å²) in [4.78, 5) is 1.91. The SMILES string of the molecule is CC(CCc1cccc(Cl)c1F)N1C[C@@H](O)[C@H](O)[C@@H](O)C1. The molecule has 1 unspecified atom stereocenters. The van der Waals surface area contributed by atoms with Crippen molar-refractivity contribution in [2.75, 3.05) is 13.1 Å². The molecule has 4 atom stereocenters. The van der Waals surface area contributed by atoms with Gasteiger partial charge in [0.15, 0.2) is 0 Å². The van der Waals surface area contributed by atoms with Gasteiger partial charge in [0, 0.05) is 19.1 Å². The molecule has 0 aromatic heterocycles. The summed E-state index contributed by atoms with van der Waals surface area (Å²) in [6, 6.07) is 5.00. The van der Waals surface area contributed by atoms with Gasteiger partial charge in [-0.15, -0.1) is 0 Å². The van der Waals surface area contributed by atoms with Gasteiger partial charge >= 0.3 is 0 Å². The second-order valence-corrected chi connectivity index (χ2v) is 6.09. The second-order valence-electron chi connectivity index (χ2n) is 5.68. The lowest BCUT2D eigenvalue weighted by molar-refractivity contribution is -0.117. The summed E-state index contributed by atoms with van der Waals surface area (Å²) in [6.45, 7) is 2.56. The van der Waals surface area contributed by atoms with Crippen LogP contribution in [0.4, 0.5) is 4.39 Å². The van der Waals surface area contributed by atoms with Crippen molar-refractivity contribution in [3.05, 3.63) is 34.6 Å². The van der Waals surface area contributed by atoms with E-state index in [2.05, 4.69) is 0 Å². The predicted octanol–water partition coefficient (Wildman–Crippen LogP) is 1.20. The van der Waals surface area contributed by atoms with Gasteiger partial charge in [0.25, 0.3) is 0 Å². The van der Waals surface area contributed by atoms with Crippen LogP contribution < -0.4 is 0 Å². The highest BCUT2D eigenvalue weighted by Gasteiger charge is 2.34. The minimum Gasteiger partial charge on any atom is -0.389 e. The predicted molar refractivity (Wildman–Crippen MR) is 78.8 cm³/mol. The Bertz CT molecular complexity index is 476. The van der Waals surface area contributed by atoms with E-state index < -0.39 is 18.3 Å². The van der Waals surface area contributed by atoms with Gasteiger partial charge < -0.3 is 15.3 Å². The van der Waals surface area contributed by atoms with Gasteiger partial charge in [0.2, 0.25) is 0 Å².